The van der Waals surface area contributed by atoms with E-state index in [-0.39, 0.29) is 6.42 Å². The second kappa shape index (κ2) is 16.8. The second-order valence-electron chi connectivity index (χ2n) is 5.58. The van der Waals surface area contributed by atoms with Gasteiger partial charge >= 0.3 is 5.97 Å². The molecular formula is C20H32O3. The van der Waals surface area contributed by atoms with Crippen molar-refractivity contribution in [1.82, 2.24) is 0 Å². The van der Waals surface area contributed by atoms with Gasteiger partial charge in [-0.15, -0.1) is 0 Å². The molecule has 3 nitrogen and oxygen atoms in total. The van der Waals surface area contributed by atoms with Gasteiger partial charge < -0.3 is 10.2 Å². The van der Waals surface area contributed by atoms with Crippen LogP contribution in [0, 0.1) is 0 Å². The highest BCUT2D eigenvalue weighted by Gasteiger charge is 1.93. The smallest absolute Gasteiger partial charge is 0.303 e. The average Bonchev–Trinajstić information content (AvgIpc) is 2.52. The van der Waals surface area contributed by atoms with E-state index in [0.717, 1.165) is 19.3 Å². The van der Waals surface area contributed by atoms with Crippen LogP contribution in [0.15, 0.2) is 48.6 Å². The Balaban J connectivity index is 3.62. The largest absolute Gasteiger partial charge is 0.481 e. The molecule has 0 radical (unpaired) electrons. The van der Waals surface area contributed by atoms with Crippen LogP contribution in [0.4, 0.5) is 0 Å². The van der Waals surface area contributed by atoms with E-state index in [4.69, 9.17) is 5.11 Å². The van der Waals surface area contributed by atoms with E-state index >= 15 is 0 Å². The maximum Gasteiger partial charge on any atom is 0.303 e. The zero-order valence-electron chi connectivity index (χ0n) is 14.4. The molecule has 0 saturated heterocycles. The fourth-order valence-corrected chi connectivity index (χ4v) is 1.96. The Kier molecular flexibility index (Phi) is 15.6. The minimum Gasteiger partial charge on any atom is -0.481 e. The number of allylic oxidation sites excluding steroid dienone is 6. The summed E-state index contributed by atoms with van der Waals surface area (Å²) in [6.07, 6.45) is 23.5. The zero-order valence-corrected chi connectivity index (χ0v) is 14.4. The molecule has 0 aliphatic rings. The highest BCUT2D eigenvalue weighted by Crippen LogP contribution is 2.02. The molecule has 3 heteroatoms. The number of hydrogen-bond donors (Lipinski definition) is 2. The number of hydrogen-bond acceptors (Lipinski definition) is 2. The van der Waals surface area contributed by atoms with Gasteiger partial charge in [-0.2, -0.15) is 0 Å². The predicted molar refractivity (Wildman–Crippen MR) is 97.4 cm³/mol. The van der Waals surface area contributed by atoms with Crippen LogP contribution in [-0.4, -0.2) is 22.3 Å². The van der Waals surface area contributed by atoms with Gasteiger partial charge in [-0.25, -0.2) is 0 Å². The summed E-state index contributed by atoms with van der Waals surface area (Å²) in [6.45, 7) is 2.20. The molecule has 0 rings (SSSR count). The minimum absolute atomic E-state index is 0.230. The lowest BCUT2D eigenvalue weighted by Crippen LogP contribution is -1.98. The highest BCUT2D eigenvalue weighted by molar-refractivity contribution is 5.66. The molecule has 0 amide bonds. The Hall–Kier alpha value is -1.61. The van der Waals surface area contributed by atoms with Gasteiger partial charge in [-0.05, 0) is 38.5 Å². The first kappa shape index (κ1) is 21.4. The molecular weight excluding hydrogens is 288 g/mol. The number of unbranched alkanes of at least 4 members (excludes halogenated alkanes) is 4. The lowest BCUT2D eigenvalue weighted by atomic mass is 10.1. The minimum atomic E-state index is -0.738. The molecule has 0 saturated carbocycles. The fourth-order valence-electron chi connectivity index (χ4n) is 1.96. The van der Waals surface area contributed by atoms with Crippen molar-refractivity contribution in [3.05, 3.63) is 48.6 Å². The molecule has 0 aromatic heterocycles. The highest BCUT2D eigenvalue weighted by atomic mass is 16.4. The van der Waals surface area contributed by atoms with E-state index < -0.39 is 12.1 Å². The average molecular weight is 320 g/mol. The number of aliphatic carboxylic acids is 1. The molecule has 0 fully saturated rings. The lowest BCUT2D eigenvalue weighted by Gasteiger charge is -1.99. The number of rotatable bonds is 14. The summed E-state index contributed by atoms with van der Waals surface area (Å²) in [6, 6.07) is 0. The van der Waals surface area contributed by atoms with Crippen LogP contribution < -0.4 is 0 Å². The maximum atomic E-state index is 10.3. The summed E-state index contributed by atoms with van der Waals surface area (Å²) in [7, 11) is 0. The molecule has 23 heavy (non-hydrogen) atoms. The Morgan fingerprint density at radius 3 is 2.43 bits per heavy atom. The molecule has 130 valence electrons. The van der Waals surface area contributed by atoms with Gasteiger partial charge in [0.15, 0.2) is 0 Å². The van der Waals surface area contributed by atoms with Gasteiger partial charge in [-0.1, -0.05) is 68.4 Å². The molecule has 0 aliphatic carbocycles. The quantitative estimate of drug-likeness (QED) is 0.263. The number of aliphatic hydroxyl groups is 1. The molecule has 0 bridgehead atoms. The van der Waals surface area contributed by atoms with Crippen molar-refractivity contribution in [3.63, 3.8) is 0 Å². The first-order valence-electron chi connectivity index (χ1n) is 8.70. The first-order valence-corrected chi connectivity index (χ1v) is 8.70. The van der Waals surface area contributed by atoms with Crippen LogP contribution in [0.5, 0.6) is 0 Å². The first-order chi connectivity index (χ1) is 11.2. The van der Waals surface area contributed by atoms with Crippen LogP contribution in [0.3, 0.4) is 0 Å². The van der Waals surface area contributed by atoms with E-state index in [9.17, 15) is 9.90 Å². The summed E-state index contributed by atoms with van der Waals surface area (Å²) in [4.78, 5) is 10.3. The molecule has 0 aliphatic heterocycles. The van der Waals surface area contributed by atoms with Gasteiger partial charge in [-0.3, -0.25) is 4.79 Å². The van der Waals surface area contributed by atoms with E-state index in [1.165, 1.54) is 19.3 Å². The monoisotopic (exact) mass is 320 g/mol. The van der Waals surface area contributed by atoms with Crippen LogP contribution in [0.2, 0.25) is 0 Å². The third-order valence-corrected chi connectivity index (χ3v) is 3.30. The van der Waals surface area contributed by atoms with Gasteiger partial charge in [0.1, 0.15) is 0 Å². The molecule has 0 aromatic carbocycles. The summed E-state index contributed by atoms with van der Waals surface area (Å²) in [5, 5.41) is 18.3. The van der Waals surface area contributed by atoms with Crippen molar-refractivity contribution in [2.45, 2.75) is 70.8 Å². The summed E-state index contributed by atoms with van der Waals surface area (Å²) >= 11 is 0. The second-order valence-corrected chi connectivity index (χ2v) is 5.58. The van der Waals surface area contributed by atoms with Crippen LogP contribution in [0.25, 0.3) is 0 Å². The van der Waals surface area contributed by atoms with Crippen molar-refractivity contribution < 1.29 is 15.0 Å². The predicted octanol–water partition coefficient (Wildman–Crippen LogP) is 5.19. The fraction of sp³-hybridized carbons (Fsp3) is 0.550. The van der Waals surface area contributed by atoms with Gasteiger partial charge in [0.25, 0.3) is 0 Å². The van der Waals surface area contributed by atoms with Gasteiger partial charge in [0, 0.05) is 6.42 Å². The number of carbonyl (C=O) groups is 1. The van der Waals surface area contributed by atoms with Crippen LogP contribution in [-0.2, 0) is 4.79 Å². The number of aliphatic hydroxyl groups excluding tert-OH is 1. The Morgan fingerprint density at radius 1 is 0.957 bits per heavy atom. The van der Waals surface area contributed by atoms with E-state index in [1.54, 1.807) is 6.08 Å². The lowest BCUT2D eigenvalue weighted by molar-refractivity contribution is -0.137. The summed E-state index contributed by atoms with van der Waals surface area (Å²) in [5.74, 6) is -0.738. The maximum absolute atomic E-state index is 10.3. The van der Waals surface area contributed by atoms with E-state index in [0.29, 0.717) is 12.8 Å². The molecule has 0 aromatic rings. The molecule has 0 spiro atoms. The molecule has 2 N–H and O–H groups in total. The van der Waals surface area contributed by atoms with E-state index in [2.05, 4.69) is 13.0 Å². The topological polar surface area (TPSA) is 57.5 Å². The third kappa shape index (κ3) is 18.3. The Labute approximate surface area is 141 Å². The normalized spacial score (nSPS) is 13.8. The number of carboxylic acids is 1. The summed E-state index contributed by atoms with van der Waals surface area (Å²) < 4.78 is 0. The van der Waals surface area contributed by atoms with Crippen molar-refractivity contribution in [2.75, 3.05) is 0 Å². The summed E-state index contributed by atoms with van der Waals surface area (Å²) in [5.41, 5.74) is 0. The molecule has 1 unspecified atom stereocenters. The van der Waals surface area contributed by atoms with E-state index in [1.807, 2.05) is 36.5 Å². The van der Waals surface area contributed by atoms with Crippen molar-refractivity contribution in [1.29, 1.82) is 0 Å². The zero-order chi connectivity index (χ0) is 17.2. The van der Waals surface area contributed by atoms with Crippen LogP contribution in [0.1, 0.15) is 64.7 Å². The standard InChI is InChI=1S/C20H32O3/c1-2-3-4-5-10-13-16-19(21)17-14-11-8-6-7-9-12-15-18-20(22)23/h7-11,13-14,17,19,21H,2-6,12,15-16,18H2,1H3,(H,22,23)/b9-7-,11-8-,13-10-,17-14+. The van der Waals surface area contributed by atoms with Crippen molar-refractivity contribution in [2.24, 2.45) is 0 Å². The van der Waals surface area contributed by atoms with Gasteiger partial charge in [0.05, 0.1) is 6.10 Å². The van der Waals surface area contributed by atoms with Crippen LogP contribution >= 0.6 is 0 Å². The Morgan fingerprint density at radius 2 is 1.70 bits per heavy atom. The number of carboxylic acid groups (broad SMARTS) is 1. The molecule has 0 heterocycles. The van der Waals surface area contributed by atoms with Crippen molar-refractivity contribution in [3.8, 4) is 0 Å². The SMILES string of the molecule is CCCCC/C=C\CC(O)/C=C/C=C\C/C=C\CCCC(=O)O. The Bertz CT molecular complexity index is 392. The molecule has 1 atom stereocenters. The van der Waals surface area contributed by atoms with Gasteiger partial charge in [0.2, 0.25) is 0 Å². The third-order valence-electron chi connectivity index (χ3n) is 3.30. The van der Waals surface area contributed by atoms with Crippen molar-refractivity contribution >= 4 is 5.97 Å².